The van der Waals surface area contributed by atoms with Crippen LogP contribution in [-0.2, 0) is 0 Å². The van der Waals surface area contributed by atoms with Crippen molar-refractivity contribution in [2.24, 2.45) is 0 Å². The zero-order chi connectivity index (χ0) is 13.0. The first-order valence-corrected chi connectivity index (χ1v) is 5.52. The van der Waals surface area contributed by atoms with Gasteiger partial charge in [-0.25, -0.2) is 0 Å². The molecule has 0 aromatic rings. The first-order chi connectivity index (χ1) is 7.74. The van der Waals surface area contributed by atoms with E-state index >= 15 is 0 Å². The van der Waals surface area contributed by atoms with Crippen LogP contribution in [0.4, 0.5) is 0 Å². The standard InChI is InChI=1S/C14H20.C2H4/c1-6-11-13(9-4)14(10-5)12(7-2)8-3;1-2/h6-8,10-11H,2,5,9H2,1,3-4H3;1-2H2/b11-6-,12-8+,14-13+;. The molecule has 0 aromatic heterocycles. The van der Waals surface area contributed by atoms with Gasteiger partial charge in [0.2, 0.25) is 0 Å². The maximum atomic E-state index is 3.85. The Kier molecular flexibility index (Phi) is 12.1. The van der Waals surface area contributed by atoms with Gasteiger partial charge in [-0.3, -0.25) is 0 Å². The SMILES string of the molecule is C=C.C=CC(=C\C)/C(C=C)=C(/C=C\C)CC. The van der Waals surface area contributed by atoms with Crippen LogP contribution >= 0.6 is 0 Å². The lowest BCUT2D eigenvalue weighted by molar-refractivity contribution is 1.12. The quantitative estimate of drug-likeness (QED) is 0.427. The molecule has 0 aromatic carbocycles. The van der Waals surface area contributed by atoms with E-state index < -0.39 is 0 Å². The molecule has 0 aliphatic heterocycles. The molecular weight excluding hydrogens is 192 g/mol. The van der Waals surface area contributed by atoms with Crippen molar-refractivity contribution in [3.63, 3.8) is 0 Å². The molecule has 0 heteroatoms. The van der Waals surface area contributed by atoms with E-state index in [1.165, 1.54) is 11.1 Å². The van der Waals surface area contributed by atoms with E-state index in [2.05, 4.69) is 51.5 Å². The van der Waals surface area contributed by atoms with E-state index in [4.69, 9.17) is 0 Å². The number of allylic oxidation sites excluding steroid dienone is 8. The summed E-state index contributed by atoms with van der Waals surface area (Å²) >= 11 is 0. The highest BCUT2D eigenvalue weighted by Gasteiger charge is 2.01. The predicted molar refractivity (Wildman–Crippen MR) is 77.5 cm³/mol. The second-order valence-corrected chi connectivity index (χ2v) is 2.94. The van der Waals surface area contributed by atoms with Gasteiger partial charge in [0.1, 0.15) is 0 Å². The maximum Gasteiger partial charge on any atom is -0.0162 e. The average molecular weight is 216 g/mol. The van der Waals surface area contributed by atoms with Crippen molar-refractivity contribution in [2.45, 2.75) is 27.2 Å². The first kappa shape index (κ1) is 16.9. The topological polar surface area (TPSA) is 0 Å². The average Bonchev–Trinajstić information content (AvgIpc) is 2.36. The molecule has 0 aliphatic carbocycles. The molecule has 0 aliphatic rings. The summed E-state index contributed by atoms with van der Waals surface area (Å²) in [7, 11) is 0. The minimum atomic E-state index is 1.01. The van der Waals surface area contributed by atoms with Crippen LogP contribution < -0.4 is 0 Å². The fourth-order valence-electron chi connectivity index (χ4n) is 1.42. The monoisotopic (exact) mass is 216 g/mol. The minimum absolute atomic E-state index is 1.01. The van der Waals surface area contributed by atoms with Gasteiger partial charge in [0.25, 0.3) is 0 Å². The molecule has 0 radical (unpaired) electrons. The van der Waals surface area contributed by atoms with Crippen molar-refractivity contribution in [3.8, 4) is 0 Å². The summed E-state index contributed by atoms with van der Waals surface area (Å²) in [6.07, 6.45) is 11.0. The largest absolute Gasteiger partial charge is 0.106 e. The van der Waals surface area contributed by atoms with Crippen molar-refractivity contribution in [1.29, 1.82) is 0 Å². The van der Waals surface area contributed by atoms with Crippen LogP contribution in [0.1, 0.15) is 27.2 Å². The van der Waals surface area contributed by atoms with E-state index in [0.29, 0.717) is 0 Å². The van der Waals surface area contributed by atoms with Gasteiger partial charge in [0, 0.05) is 0 Å². The van der Waals surface area contributed by atoms with Crippen LogP contribution in [0.25, 0.3) is 0 Å². The summed E-state index contributed by atoms with van der Waals surface area (Å²) in [6.45, 7) is 19.8. The zero-order valence-electron chi connectivity index (χ0n) is 10.9. The minimum Gasteiger partial charge on any atom is -0.106 e. The van der Waals surface area contributed by atoms with Crippen LogP contribution in [-0.4, -0.2) is 0 Å². The second-order valence-electron chi connectivity index (χ2n) is 2.94. The highest BCUT2D eigenvalue weighted by atomic mass is 14.1. The lowest BCUT2D eigenvalue weighted by Gasteiger charge is -2.08. The van der Waals surface area contributed by atoms with E-state index in [0.717, 1.165) is 12.0 Å². The summed E-state index contributed by atoms with van der Waals surface area (Å²) in [4.78, 5) is 0. The molecule has 0 amide bonds. The van der Waals surface area contributed by atoms with Crippen LogP contribution in [0.3, 0.4) is 0 Å². The first-order valence-electron chi connectivity index (χ1n) is 5.52. The van der Waals surface area contributed by atoms with Gasteiger partial charge < -0.3 is 0 Å². The Labute approximate surface area is 101 Å². The van der Waals surface area contributed by atoms with Crippen molar-refractivity contribution in [2.75, 3.05) is 0 Å². The Hall–Kier alpha value is -1.56. The highest BCUT2D eigenvalue weighted by Crippen LogP contribution is 2.20. The van der Waals surface area contributed by atoms with E-state index in [-0.39, 0.29) is 0 Å². The van der Waals surface area contributed by atoms with Gasteiger partial charge in [-0.05, 0) is 37.0 Å². The molecule has 0 fully saturated rings. The second kappa shape index (κ2) is 11.5. The Balaban J connectivity index is 0. The van der Waals surface area contributed by atoms with Crippen LogP contribution in [0, 0.1) is 0 Å². The molecule has 0 saturated heterocycles. The Morgan fingerprint density at radius 3 is 1.88 bits per heavy atom. The van der Waals surface area contributed by atoms with Crippen molar-refractivity contribution in [3.05, 3.63) is 73.4 Å². The molecule has 88 valence electrons. The molecule has 0 saturated carbocycles. The Morgan fingerprint density at radius 1 is 1.06 bits per heavy atom. The van der Waals surface area contributed by atoms with Gasteiger partial charge in [-0.1, -0.05) is 50.5 Å². The molecule has 0 N–H and O–H groups in total. The molecule has 16 heavy (non-hydrogen) atoms. The van der Waals surface area contributed by atoms with Gasteiger partial charge in [-0.15, -0.1) is 13.2 Å². The third kappa shape index (κ3) is 5.35. The van der Waals surface area contributed by atoms with Gasteiger partial charge in [-0.2, -0.15) is 0 Å². The van der Waals surface area contributed by atoms with E-state index in [9.17, 15) is 0 Å². The maximum absolute atomic E-state index is 3.85. The zero-order valence-corrected chi connectivity index (χ0v) is 10.9. The Bertz CT molecular complexity index is 298. The highest BCUT2D eigenvalue weighted by molar-refractivity contribution is 5.50. The summed E-state index contributed by atoms with van der Waals surface area (Å²) in [5, 5.41) is 0. The van der Waals surface area contributed by atoms with Crippen LogP contribution in [0.2, 0.25) is 0 Å². The van der Waals surface area contributed by atoms with Gasteiger partial charge in [0.15, 0.2) is 0 Å². The lowest BCUT2D eigenvalue weighted by atomic mass is 9.97. The molecule has 0 heterocycles. The Morgan fingerprint density at radius 2 is 1.62 bits per heavy atom. The van der Waals surface area contributed by atoms with Crippen molar-refractivity contribution >= 4 is 0 Å². The molecule has 0 rings (SSSR count). The van der Waals surface area contributed by atoms with E-state index in [1.807, 2.05) is 26.0 Å². The van der Waals surface area contributed by atoms with Gasteiger partial charge >= 0.3 is 0 Å². The van der Waals surface area contributed by atoms with Crippen LogP contribution in [0.5, 0.6) is 0 Å². The van der Waals surface area contributed by atoms with E-state index in [1.54, 1.807) is 0 Å². The van der Waals surface area contributed by atoms with Crippen LogP contribution in [0.15, 0.2) is 73.4 Å². The smallest absolute Gasteiger partial charge is 0.0162 e. The fourth-order valence-corrected chi connectivity index (χ4v) is 1.42. The molecule has 0 atom stereocenters. The molecule has 0 bridgehead atoms. The third-order valence-electron chi connectivity index (χ3n) is 2.14. The molecular formula is C16H24. The summed E-state index contributed by atoms with van der Waals surface area (Å²) in [6, 6.07) is 0. The predicted octanol–water partition coefficient (Wildman–Crippen LogP) is 5.39. The normalized spacial score (nSPS) is 12.6. The third-order valence-corrected chi connectivity index (χ3v) is 2.14. The summed E-state index contributed by atoms with van der Waals surface area (Å²) < 4.78 is 0. The fraction of sp³-hybridized carbons (Fsp3) is 0.250. The summed E-state index contributed by atoms with van der Waals surface area (Å²) in [5.74, 6) is 0. The van der Waals surface area contributed by atoms with Crippen molar-refractivity contribution in [1.82, 2.24) is 0 Å². The molecule has 0 spiro atoms. The number of rotatable bonds is 5. The number of hydrogen-bond acceptors (Lipinski definition) is 0. The number of hydrogen-bond donors (Lipinski definition) is 0. The van der Waals surface area contributed by atoms with Crippen molar-refractivity contribution < 1.29 is 0 Å². The summed E-state index contributed by atoms with van der Waals surface area (Å²) in [5.41, 5.74) is 3.63. The van der Waals surface area contributed by atoms with Gasteiger partial charge in [0.05, 0.1) is 0 Å². The molecule has 0 nitrogen and oxygen atoms in total. The lowest BCUT2D eigenvalue weighted by Crippen LogP contribution is -1.88. The molecule has 0 unspecified atom stereocenters.